The first kappa shape index (κ1) is 38.7. The summed E-state index contributed by atoms with van der Waals surface area (Å²) in [6.45, 7) is 16.6. The predicted molar refractivity (Wildman–Crippen MR) is 199 cm³/mol. The van der Waals surface area contributed by atoms with Crippen molar-refractivity contribution in [2.75, 3.05) is 13.1 Å². The highest BCUT2D eigenvalue weighted by molar-refractivity contribution is 6.74. The first-order valence-electron chi connectivity index (χ1n) is 17.7. The van der Waals surface area contributed by atoms with Crippen molar-refractivity contribution in [3.63, 3.8) is 0 Å². The molecule has 7 nitrogen and oxygen atoms in total. The van der Waals surface area contributed by atoms with Crippen LogP contribution in [-0.4, -0.2) is 55.2 Å². The second-order valence-corrected chi connectivity index (χ2v) is 21.3. The van der Waals surface area contributed by atoms with Crippen molar-refractivity contribution in [2.24, 2.45) is 5.41 Å². The van der Waals surface area contributed by atoms with E-state index in [0.717, 1.165) is 43.2 Å². The summed E-state index contributed by atoms with van der Waals surface area (Å²) in [4.78, 5) is 29.0. The van der Waals surface area contributed by atoms with Crippen molar-refractivity contribution in [1.29, 1.82) is 0 Å². The molecular weight excluding hydrogens is 654 g/mol. The maximum atomic E-state index is 14.0. The smallest absolute Gasteiger partial charge is 0.410 e. The summed E-state index contributed by atoms with van der Waals surface area (Å²) in [5, 5.41) is 11.5. The number of allylic oxidation sites excluding steroid dienone is 2. The number of nitrogens with zero attached hydrogens (tertiary/aromatic N) is 1. The van der Waals surface area contributed by atoms with E-state index in [1.54, 1.807) is 11.0 Å². The fourth-order valence-corrected chi connectivity index (χ4v) is 7.62. The molecular formula is C40H56ClNO6Si. The summed E-state index contributed by atoms with van der Waals surface area (Å²) in [6.07, 6.45) is 9.76. The van der Waals surface area contributed by atoms with Gasteiger partial charge < -0.3 is 23.9 Å². The normalized spacial score (nSPS) is 21.1. The average Bonchev–Trinajstić information content (AvgIpc) is 3.02. The fraction of sp³-hybridized carbons (Fsp3) is 0.550. The van der Waals surface area contributed by atoms with Gasteiger partial charge in [0.15, 0.2) is 8.32 Å². The number of carboxylic acid groups (broad SMARTS) is 1. The molecule has 1 saturated carbocycles. The lowest BCUT2D eigenvalue weighted by Gasteiger charge is -2.41. The van der Waals surface area contributed by atoms with Gasteiger partial charge in [0.05, 0.1) is 18.8 Å². The Kier molecular flexibility index (Phi) is 12.5. The Morgan fingerprint density at radius 2 is 1.67 bits per heavy atom. The van der Waals surface area contributed by atoms with E-state index in [2.05, 4.69) is 33.9 Å². The molecule has 2 aliphatic rings. The van der Waals surface area contributed by atoms with Gasteiger partial charge in [0.2, 0.25) is 0 Å². The molecule has 0 spiro atoms. The Labute approximate surface area is 299 Å². The molecule has 0 aromatic heterocycles. The molecule has 2 aromatic rings. The molecule has 1 amide bonds. The van der Waals surface area contributed by atoms with Crippen LogP contribution in [0.4, 0.5) is 4.79 Å². The van der Waals surface area contributed by atoms with Crippen LogP contribution in [0.5, 0.6) is 0 Å². The largest absolute Gasteiger partial charge is 0.494 e. The number of benzene rings is 2. The molecule has 0 bridgehead atoms. The highest BCUT2D eigenvalue weighted by Crippen LogP contribution is 2.44. The molecule has 0 radical (unpaired) electrons. The van der Waals surface area contributed by atoms with Crippen molar-refractivity contribution >= 4 is 32.0 Å². The molecule has 1 fully saturated rings. The number of amides is 1. The zero-order valence-electron chi connectivity index (χ0n) is 30.6. The molecule has 0 heterocycles. The van der Waals surface area contributed by atoms with E-state index in [4.69, 9.17) is 25.5 Å². The lowest BCUT2D eigenvalue weighted by atomic mass is 9.75. The molecule has 9 heteroatoms. The minimum atomic E-state index is -2.34. The lowest BCUT2D eigenvalue weighted by molar-refractivity contribution is -0.147. The number of hydrogen-bond acceptors (Lipinski definition) is 5. The summed E-state index contributed by atoms with van der Waals surface area (Å²) < 4.78 is 19.5. The van der Waals surface area contributed by atoms with Crippen LogP contribution in [0.1, 0.15) is 103 Å². The summed E-state index contributed by atoms with van der Waals surface area (Å²) in [6, 6.07) is 17.6. The molecule has 2 aromatic carbocycles. The van der Waals surface area contributed by atoms with Gasteiger partial charge in [-0.3, -0.25) is 4.79 Å². The van der Waals surface area contributed by atoms with Crippen LogP contribution in [-0.2, 0) is 18.7 Å². The van der Waals surface area contributed by atoms with Gasteiger partial charge in [0.1, 0.15) is 16.8 Å². The number of halogens is 1. The van der Waals surface area contributed by atoms with E-state index in [1.807, 2.05) is 87.5 Å². The lowest BCUT2D eigenvalue weighted by Crippen LogP contribution is -2.47. The highest BCUT2D eigenvalue weighted by Gasteiger charge is 2.46. The van der Waals surface area contributed by atoms with Gasteiger partial charge >= 0.3 is 12.1 Å². The minimum Gasteiger partial charge on any atom is -0.494 e. The van der Waals surface area contributed by atoms with Gasteiger partial charge in [-0.05, 0) is 100 Å². The van der Waals surface area contributed by atoms with Gasteiger partial charge in [-0.1, -0.05) is 93.4 Å². The topological polar surface area (TPSA) is 85.3 Å². The Morgan fingerprint density at radius 1 is 1.00 bits per heavy atom. The molecule has 0 saturated heterocycles. The first-order chi connectivity index (χ1) is 22.9. The van der Waals surface area contributed by atoms with Gasteiger partial charge in [-0.2, -0.15) is 0 Å². The van der Waals surface area contributed by atoms with Gasteiger partial charge in [-0.25, -0.2) is 4.79 Å². The Morgan fingerprint density at radius 3 is 2.27 bits per heavy atom. The minimum absolute atomic E-state index is 0.0474. The van der Waals surface area contributed by atoms with Crippen LogP contribution in [0.3, 0.4) is 0 Å². The van der Waals surface area contributed by atoms with Crippen LogP contribution in [0.25, 0.3) is 0 Å². The Bertz CT molecular complexity index is 1490. The summed E-state index contributed by atoms with van der Waals surface area (Å²) >= 11 is 6.46. The monoisotopic (exact) mass is 709 g/mol. The maximum Gasteiger partial charge on any atom is 0.410 e. The van der Waals surface area contributed by atoms with Crippen molar-refractivity contribution < 1.29 is 28.6 Å². The maximum absolute atomic E-state index is 14.0. The quantitative estimate of drug-likeness (QED) is 0.174. The van der Waals surface area contributed by atoms with Crippen molar-refractivity contribution in [2.45, 2.75) is 122 Å². The van der Waals surface area contributed by atoms with E-state index in [1.165, 1.54) is 0 Å². The van der Waals surface area contributed by atoms with Gasteiger partial charge in [0, 0.05) is 17.5 Å². The van der Waals surface area contributed by atoms with E-state index < -0.39 is 37.5 Å². The number of aliphatic carboxylic acids is 1. The number of carbonyl (C=O) groups excluding carboxylic acids is 1. The fourth-order valence-electron chi connectivity index (χ4n) is 6.14. The summed E-state index contributed by atoms with van der Waals surface area (Å²) in [5.74, 6) is -0.693. The van der Waals surface area contributed by atoms with Crippen LogP contribution >= 0.6 is 11.6 Å². The predicted octanol–water partition coefficient (Wildman–Crippen LogP) is 10.7. The zero-order chi connectivity index (χ0) is 36.0. The third kappa shape index (κ3) is 10.2. The van der Waals surface area contributed by atoms with Crippen molar-refractivity contribution in [1.82, 2.24) is 4.90 Å². The Balaban J connectivity index is 1.72. The summed E-state index contributed by atoms with van der Waals surface area (Å²) in [5.41, 5.74) is -0.308. The van der Waals surface area contributed by atoms with Crippen LogP contribution in [0, 0.1) is 5.41 Å². The second-order valence-electron chi connectivity index (χ2n) is 16.1. The van der Waals surface area contributed by atoms with Crippen molar-refractivity contribution in [3.8, 4) is 0 Å². The van der Waals surface area contributed by atoms with Gasteiger partial charge in [-0.15, -0.1) is 0 Å². The third-order valence-corrected chi connectivity index (χ3v) is 14.8. The Hall–Kier alpha value is -3.07. The van der Waals surface area contributed by atoms with Gasteiger partial charge in [0.25, 0.3) is 0 Å². The molecule has 2 aliphatic carbocycles. The second kappa shape index (κ2) is 15.9. The van der Waals surface area contributed by atoms with Crippen LogP contribution in [0.15, 0.2) is 78.6 Å². The van der Waals surface area contributed by atoms with Crippen molar-refractivity contribution in [3.05, 3.63) is 94.7 Å². The van der Waals surface area contributed by atoms with E-state index >= 15 is 0 Å². The molecule has 268 valence electrons. The first-order valence-corrected chi connectivity index (χ1v) is 21.0. The number of ether oxygens (including phenoxy) is 2. The zero-order valence-corrected chi connectivity index (χ0v) is 32.4. The highest BCUT2D eigenvalue weighted by atomic mass is 35.5. The number of rotatable bonds is 12. The summed E-state index contributed by atoms with van der Waals surface area (Å²) in [7, 11) is -2.34. The average molecular weight is 710 g/mol. The van der Waals surface area contributed by atoms with E-state index in [-0.39, 0.29) is 36.6 Å². The molecule has 2 unspecified atom stereocenters. The third-order valence-electron chi connectivity index (χ3n) is 10.0. The molecule has 1 N–H and O–H groups in total. The van der Waals surface area contributed by atoms with E-state index in [9.17, 15) is 14.7 Å². The number of carboxylic acids is 1. The van der Waals surface area contributed by atoms with Crippen LogP contribution in [0.2, 0.25) is 23.2 Å². The number of hydrogen-bond donors (Lipinski definition) is 1. The van der Waals surface area contributed by atoms with E-state index in [0.29, 0.717) is 10.8 Å². The SMILES string of the molecule is CC(C)(C)OC(=O)N(CCC1(C(=O)O)C=CC(c2ccccc2)C=C1OC1CCCCC1)C[C@H](O[Si](C)(C)C(C)(C)C)c1cccc(Cl)c1. The molecule has 3 atom stereocenters. The standard InChI is InChI=1S/C40H56ClNO6Si/c1-38(2,3)47-37(45)42(28-34(31-18-15-19-32(41)26-31)48-49(7,8)39(4,5)6)25-24-40(36(43)44)23-22-30(29-16-11-9-12-17-29)27-35(40)46-33-20-13-10-14-21-33/h9,11-12,15-19,22-23,26-27,30,33-34H,10,13-14,20-21,24-25,28H2,1-8H3,(H,43,44)/t30?,34-,40?/m0/s1. The molecule has 49 heavy (non-hydrogen) atoms. The number of carbonyl (C=O) groups is 2. The molecule has 4 rings (SSSR count). The van der Waals surface area contributed by atoms with Crippen LogP contribution < -0.4 is 0 Å². The molecule has 0 aliphatic heterocycles.